The molecule has 1 N–H and O–H groups in total. The summed E-state index contributed by atoms with van der Waals surface area (Å²) < 4.78 is 5.24. The first kappa shape index (κ1) is 13.3. The highest BCUT2D eigenvalue weighted by Gasteiger charge is 2.22. The second kappa shape index (κ2) is 5.53. The van der Waals surface area contributed by atoms with Crippen molar-refractivity contribution in [2.24, 2.45) is 0 Å². The van der Waals surface area contributed by atoms with Crippen LogP contribution in [0.4, 0.5) is 0 Å². The number of hydrogen-bond donors (Lipinski definition) is 1. The summed E-state index contributed by atoms with van der Waals surface area (Å²) in [4.78, 5) is 12.0. The van der Waals surface area contributed by atoms with Crippen molar-refractivity contribution in [1.82, 2.24) is 5.32 Å². The van der Waals surface area contributed by atoms with E-state index < -0.39 is 0 Å². The molecule has 0 spiro atoms. The van der Waals surface area contributed by atoms with Crippen LogP contribution in [0.2, 0.25) is 0 Å². The molecule has 1 rings (SSSR count). The molecular formula is C12H18BrNO2. The first-order valence-electron chi connectivity index (χ1n) is 5.45. The molecule has 1 amide bonds. The van der Waals surface area contributed by atoms with E-state index in [9.17, 15) is 4.79 Å². The average Bonchev–Trinajstić information content (AvgIpc) is 2.64. The van der Waals surface area contributed by atoms with E-state index in [2.05, 4.69) is 21.2 Å². The normalized spacial score (nSPS) is 11.5. The smallest absolute Gasteiger partial charge is 0.255 e. The van der Waals surface area contributed by atoms with Crippen LogP contribution in [0.15, 0.2) is 16.7 Å². The molecule has 0 saturated heterocycles. The number of aryl methyl sites for hydroxylation is 1. The Bertz CT molecular complexity index is 358. The lowest BCUT2D eigenvalue weighted by molar-refractivity contribution is 0.0910. The molecule has 0 aromatic carbocycles. The number of nitrogens with one attached hydrogen (secondary N) is 1. The van der Waals surface area contributed by atoms with E-state index in [1.165, 1.54) is 0 Å². The molecule has 90 valence electrons. The zero-order valence-corrected chi connectivity index (χ0v) is 11.6. The number of halogens is 1. The number of carbonyl (C=O) groups excluding carboxylic acids is 1. The van der Waals surface area contributed by atoms with Crippen LogP contribution in [-0.4, -0.2) is 16.8 Å². The van der Waals surface area contributed by atoms with E-state index in [4.69, 9.17) is 4.42 Å². The van der Waals surface area contributed by atoms with Crippen LogP contribution in [0.1, 0.15) is 43.3 Å². The summed E-state index contributed by atoms with van der Waals surface area (Å²) in [6.07, 6.45) is 3.18. The Labute approximate surface area is 105 Å². The number of carbonyl (C=O) groups is 1. The molecule has 1 aromatic rings. The lowest BCUT2D eigenvalue weighted by Crippen LogP contribution is -2.43. The van der Waals surface area contributed by atoms with Gasteiger partial charge in [0.25, 0.3) is 5.91 Å². The van der Waals surface area contributed by atoms with Crippen molar-refractivity contribution in [3.8, 4) is 0 Å². The van der Waals surface area contributed by atoms with Gasteiger partial charge in [0.1, 0.15) is 5.76 Å². The fourth-order valence-corrected chi connectivity index (χ4v) is 2.48. The van der Waals surface area contributed by atoms with Gasteiger partial charge in [0.05, 0.1) is 11.8 Å². The summed E-state index contributed by atoms with van der Waals surface area (Å²) in [5, 5.41) is 3.87. The lowest BCUT2D eigenvalue weighted by Gasteiger charge is -2.25. The molecule has 3 nitrogen and oxygen atoms in total. The van der Waals surface area contributed by atoms with E-state index in [0.717, 1.165) is 23.9 Å². The van der Waals surface area contributed by atoms with Gasteiger partial charge >= 0.3 is 0 Å². The Morgan fingerprint density at radius 3 is 2.81 bits per heavy atom. The number of alkyl halides is 1. The molecule has 0 aliphatic carbocycles. The molecular weight excluding hydrogens is 270 g/mol. The van der Waals surface area contributed by atoms with Crippen molar-refractivity contribution in [2.45, 2.75) is 39.2 Å². The number of furan rings is 1. The largest absolute Gasteiger partial charge is 0.469 e. The Balaban J connectivity index is 2.72. The maximum absolute atomic E-state index is 12.0. The van der Waals surface area contributed by atoms with Crippen LogP contribution in [0, 0.1) is 0 Å². The minimum Gasteiger partial charge on any atom is -0.469 e. The van der Waals surface area contributed by atoms with Crippen LogP contribution in [0.25, 0.3) is 0 Å². The topological polar surface area (TPSA) is 42.2 Å². The monoisotopic (exact) mass is 287 g/mol. The molecule has 0 fully saturated rings. The van der Waals surface area contributed by atoms with Crippen LogP contribution in [-0.2, 0) is 6.42 Å². The van der Waals surface area contributed by atoms with Crippen molar-refractivity contribution < 1.29 is 9.21 Å². The molecule has 0 bridgehead atoms. The summed E-state index contributed by atoms with van der Waals surface area (Å²) in [5.41, 5.74) is 0.438. The van der Waals surface area contributed by atoms with Gasteiger partial charge in [0.2, 0.25) is 0 Å². The highest BCUT2D eigenvalue weighted by Crippen LogP contribution is 2.15. The summed E-state index contributed by atoms with van der Waals surface area (Å²) in [5.74, 6) is 0.684. The molecule has 0 atom stereocenters. The van der Waals surface area contributed by atoms with Crippen molar-refractivity contribution >= 4 is 21.8 Å². The summed E-state index contributed by atoms with van der Waals surface area (Å²) in [6, 6.07) is 1.72. The molecule has 16 heavy (non-hydrogen) atoms. The predicted molar refractivity (Wildman–Crippen MR) is 68.0 cm³/mol. The fraction of sp³-hybridized carbons (Fsp3) is 0.583. The van der Waals surface area contributed by atoms with Crippen molar-refractivity contribution in [3.05, 3.63) is 23.7 Å². The van der Waals surface area contributed by atoms with Gasteiger partial charge in [-0.2, -0.15) is 0 Å². The zero-order chi connectivity index (χ0) is 12.2. The van der Waals surface area contributed by atoms with Gasteiger partial charge in [-0.25, -0.2) is 0 Å². The molecule has 0 saturated carbocycles. The van der Waals surface area contributed by atoms with Crippen LogP contribution >= 0.6 is 15.9 Å². The Kier molecular flexibility index (Phi) is 4.59. The van der Waals surface area contributed by atoms with E-state index >= 15 is 0 Å². The Hall–Kier alpha value is -0.770. The molecule has 0 radical (unpaired) electrons. The summed E-state index contributed by atoms with van der Waals surface area (Å²) >= 11 is 3.38. The first-order valence-corrected chi connectivity index (χ1v) is 6.57. The highest BCUT2D eigenvalue weighted by molar-refractivity contribution is 9.09. The Morgan fingerprint density at radius 2 is 2.25 bits per heavy atom. The van der Waals surface area contributed by atoms with E-state index in [1.807, 2.05) is 20.8 Å². The van der Waals surface area contributed by atoms with Gasteiger partial charge < -0.3 is 9.73 Å². The fourth-order valence-electron chi connectivity index (χ4n) is 1.49. The van der Waals surface area contributed by atoms with Gasteiger partial charge in [-0.1, -0.05) is 22.9 Å². The number of rotatable bonds is 5. The minimum absolute atomic E-state index is 0.0587. The van der Waals surface area contributed by atoms with Crippen LogP contribution in [0.5, 0.6) is 0 Å². The summed E-state index contributed by atoms with van der Waals surface area (Å²) in [6.45, 7) is 6.00. The third-order valence-corrected chi connectivity index (χ3v) is 2.88. The van der Waals surface area contributed by atoms with Gasteiger partial charge in [-0.3, -0.25) is 4.79 Å². The van der Waals surface area contributed by atoms with E-state index in [1.54, 1.807) is 12.3 Å². The average molecular weight is 288 g/mol. The third-order valence-electron chi connectivity index (χ3n) is 2.48. The lowest BCUT2D eigenvalue weighted by atomic mass is 10.0. The molecule has 0 aliphatic rings. The Morgan fingerprint density at radius 1 is 1.56 bits per heavy atom. The minimum atomic E-state index is -0.205. The number of amides is 1. The van der Waals surface area contributed by atoms with Crippen LogP contribution < -0.4 is 5.32 Å². The maximum atomic E-state index is 12.0. The molecule has 4 heteroatoms. The van der Waals surface area contributed by atoms with Crippen LogP contribution in [0.3, 0.4) is 0 Å². The maximum Gasteiger partial charge on any atom is 0.255 e. The second-order valence-corrected chi connectivity index (χ2v) is 5.18. The second-order valence-electron chi connectivity index (χ2n) is 4.39. The van der Waals surface area contributed by atoms with Crippen molar-refractivity contribution in [2.75, 3.05) is 5.33 Å². The summed E-state index contributed by atoms with van der Waals surface area (Å²) in [7, 11) is 0. The van der Waals surface area contributed by atoms with Gasteiger partial charge in [0.15, 0.2) is 0 Å². The molecule has 1 aromatic heterocycles. The molecule has 0 aliphatic heterocycles. The van der Waals surface area contributed by atoms with Gasteiger partial charge in [0, 0.05) is 17.3 Å². The van der Waals surface area contributed by atoms with Crippen molar-refractivity contribution in [1.29, 1.82) is 0 Å². The van der Waals surface area contributed by atoms with E-state index in [-0.39, 0.29) is 11.4 Å². The van der Waals surface area contributed by atoms with Gasteiger partial charge in [-0.15, -0.1) is 0 Å². The predicted octanol–water partition coefficient (Wildman–Crippen LogP) is 3.14. The quantitative estimate of drug-likeness (QED) is 0.846. The SMILES string of the molecule is CCc1occc1C(=O)NC(C)(C)CCBr. The van der Waals surface area contributed by atoms with Crippen molar-refractivity contribution in [3.63, 3.8) is 0 Å². The standard InChI is InChI=1S/C12H18BrNO2/c1-4-10-9(5-8-16-10)11(15)14-12(2,3)6-7-13/h5,8H,4,6-7H2,1-3H3,(H,14,15). The third kappa shape index (κ3) is 3.37. The van der Waals surface area contributed by atoms with Gasteiger partial charge in [-0.05, 0) is 26.3 Å². The zero-order valence-electron chi connectivity index (χ0n) is 9.97. The first-order chi connectivity index (χ1) is 7.50. The molecule has 0 unspecified atom stereocenters. The molecule has 1 heterocycles. The highest BCUT2D eigenvalue weighted by atomic mass is 79.9. The number of hydrogen-bond acceptors (Lipinski definition) is 2. The van der Waals surface area contributed by atoms with E-state index in [0.29, 0.717) is 5.56 Å².